The SMILES string of the molecule is CC(=O)N[C@H]1[C@H](OC[C@H](NC(=O)OCC2c3ccccc3-c3ccccc32)C(=O)O)O[C@H](COC(C)=O)[C@@H](OC(C)=O)[C@H]1OC(C)=O. The lowest BCUT2D eigenvalue weighted by Crippen LogP contribution is -2.67. The molecule has 0 spiro atoms. The first-order valence-electron chi connectivity index (χ1n) is 14.7. The van der Waals surface area contributed by atoms with Gasteiger partial charge in [0, 0.05) is 33.6 Å². The van der Waals surface area contributed by atoms with Gasteiger partial charge in [0.05, 0.1) is 6.61 Å². The number of carboxylic acid groups (broad SMARTS) is 1. The maximum atomic E-state index is 12.8. The number of rotatable bonds is 12. The molecule has 3 N–H and O–H groups in total. The summed E-state index contributed by atoms with van der Waals surface area (Å²) in [5.74, 6) is -4.65. The van der Waals surface area contributed by atoms with Crippen molar-refractivity contribution in [3.05, 3.63) is 59.7 Å². The molecule has 15 heteroatoms. The molecule has 1 fully saturated rings. The highest BCUT2D eigenvalue weighted by atomic mass is 16.7. The van der Waals surface area contributed by atoms with E-state index in [1.54, 1.807) is 0 Å². The first-order chi connectivity index (χ1) is 22.3. The molecule has 0 bridgehead atoms. The molecule has 6 atom stereocenters. The normalized spacial score (nSPS) is 22.1. The number of alkyl carbamates (subject to hydrolysis) is 1. The smallest absolute Gasteiger partial charge is 0.407 e. The Morgan fingerprint density at radius 3 is 1.89 bits per heavy atom. The van der Waals surface area contributed by atoms with E-state index in [1.165, 1.54) is 0 Å². The maximum absolute atomic E-state index is 12.8. The number of carboxylic acids is 1. The molecule has 252 valence electrons. The Kier molecular flexibility index (Phi) is 11.5. The summed E-state index contributed by atoms with van der Waals surface area (Å²) in [6.45, 7) is 3.23. The number of nitrogens with one attached hydrogen (secondary N) is 2. The molecule has 0 saturated carbocycles. The molecule has 47 heavy (non-hydrogen) atoms. The van der Waals surface area contributed by atoms with E-state index in [1.807, 2.05) is 48.5 Å². The molecule has 0 radical (unpaired) electrons. The Hall–Kier alpha value is -5.02. The summed E-state index contributed by atoms with van der Waals surface area (Å²) in [4.78, 5) is 72.6. The Labute approximate surface area is 269 Å². The summed E-state index contributed by atoms with van der Waals surface area (Å²) in [7, 11) is 0. The molecule has 2 aromatic carbocycles. The van der Waals surface area contributed by atoms with E-state index in [2.05, 4.69) is 10.6 Å². The predicted molar refractivity (Wildman–Crippen MR) is 160 cm³/mol. The van der Waals surface area contributed by atoms with Crippen LogP contribution >= 0.6 is 0 Å². The molecule has 1 aliphatic carbocycles. The highest BCUT2D eigenvalue weighted by Crippen LogP contribution is 2.44. The van der Waals surface area contributed by atoms with Gasteiger partial charge < -0.3 is 44.2 Å². The molecule has 0 aromatic heterocycles. The summed E-state index contributed by atoms with van der Waals surface area (Å²) in [5, 5.41) is 14.6. The van der Waals surface area contributed by atoms with Crippen molar-refractivity contribution in [1.29, 1.82) is 0 Å². The lowest BCUT2D eigenvalue weighted by atomic mass is 9.96. The van der Waals surface area contributed by atoms with Gasteiger partial charge in [0.25, 0.3) is 0 Å². The molecule has 15 nitrogen and oxygen atoms in total. The van der Waals surface area contributed by atoms with Crippen LogP contribution in [0.25, 0.3) is 11.1 Å². The van der Waals surface area contributed by atoms with Gasteiger partial charge in [0.15, 0.2) is 24.5 Å². The minimum atomic E-state index is -1.66. The van der Waals surface area contributed by atoms with Crippen molar-refractivity contribution in [3.8, 4) is 11.1 Å². The molecule has 4 rings (SSSR count). The third-order valence-electron chi connectivity index (χ3n) is 7.43. The molecule has 0 unspecified atom stereocenters. The van der Waals surface area contributed by atoms with E-state index in [-0.39, 0.29) is 12.5 Å². The minimum absolute atomic E-state index is 0.0666. The van der Waals surface area contributed by atoms with E-state index in [9.17, 15) is 33.9 Å². The quantitative estimate of drug-likeness (QED) is 0.220. The van der Waals surface area contributed by atoms with Gasteiger partial charge in [-0.05, 0) is 22.3 Å². The lowest BCUT2D eigenvalue weighted by Gasteiger charge is -2.45. The van der Waals surface area contributed by atoms with Gasteiger partial charge in [-0.2, -0.15) is 0 Å². The number of carbonyl (C=O) groups is 6. The fourth-order valence-electron chi connectivity index (χ4n) is 5.58. The summed E-state index contributed by atoms with van der Waals surface area (Å²) < 4.78 is 32.8. The number of amides is 2. The molecular weight excluding hydrogens is 620 g/mol. The van der Waals surface area contributed by atoms with Crippen molar-refractivity contribution in [2.24, 2.45) is 0 Å². The molecule has 2 amide bonds. The number of hydrogen-bond donors (Lipinski definition) is 3. The fourth-order valence-corrected chi connectivity index (χ4v) is 5.58. The Balaban J connectivity index is 1.48. The summed E-state index contributed by atoms with van der Waals surface area (Å²) >= 11 is 0. The lowest BCUT2D eigenvalue weighted by molar-refractivity contribution is -0.278. The van der Waals surface area contributed by atoms with Crippen LogP contribution in [0, 0.1) is 0 Å². The molecule has 1 heterocycles. The van der Waals surface area contributed by atoms with Crippen molar-refractivity contribution in [1.82, 2.24) is 10.6 Å². The number of hydrogen-bond acceptors (Lipinski definition) is 12. The zero-order valence-corrected chi connectivity index (χ0v) is 26.1. The van der Waals surface area contributed by atoms with Gasteiger partial charge in [-0.1, -0.05) is 48.5 Å². The van der Waals surface area contributed by atoms with Crippen LogP contribution in [0.5, 0.6) is 0 Å². The zero-order chi connectivity index (χ0) is 34.2. The Morgan fingerprint density at radius 2 is 1.36 bits per heavy atom. The Morgan fingerprint density at radius 1 is 0.787 bits per heavy atom. The summed E-state index contributed by atoms with van der Waals surface area (Å²) in [6.07, 6.45) is -6.58. The van der Waals surface area contributed by atoms with Crippen molar-refractivity contribution in [3.63, 3.8) is 0 Å². The maximum Gasteiger partial charge on any atom is 0.407 e. The van der Waals surface area contributed by atoms with E-state index in [0.717, 1.165) is 49.9 Å². The first kappa shape index (κ1) is 34.8. The van der Waals surface area contributed by atoms with E-state index < -0.39 is 85.8 Å². The van der Waals surface area contributed by atoms with Gasteiger partial charge in [-0.15, -0.1) is 0 Å². The van der Waals surface area contributed by atoms with Crippen LogP contribution in [0.1, 0.15) is 44.7 Å². The number of fused-ring (bicyclic) bond motifs is 3. The summed E-state index contributed by atoms with van der Waals surface area (Å²) in [5.41, 5.74) is 3.97. The summed E-state index contributed by atoms with van der Waals surface area (Å²) in [6, 6.07) is 12.5. The van der Waals surface area contributed by atoms with Crippen LogP contribution in [-0.4, -0.2) is 97.5 Å². The number of benzene rings is 2. The first-order valence-corrected chi connectivity index (χ1v) is 14.7. The van der Waals surface area contributed by atoms with Crippen LogP contribution in [0.3, 0.4) is 0 Å². The second-order valence-corrected chi connectivity index (χ2v) is 10.9. The standard InChI is InChI=1S/C32H36N2O13/c1-16(35)33-27-29(46-19(4)38)28(45-18(3)37)26(15-42-17(2)36)47-31(27)43-14-25(30(39)40)34-32(41)44-13-24-22-11-7-5-9-20(22)21-10-6-8-12-23(21)24/h5-12,24-29,31H,13-15H2,1-4H3,(H,33,35)(H,34,41)(H,39,40)/t25-,26+,27+,28+,29-,31+/m0/s1. The monoisotopic (exact) mass is 656 g/mol. The number of aliphatic carboxylic acids is 1. The Bertz CT molecular complexity index is 1470. The average molecular weight is 657 g/mol. The second-order valence-electron chi connectivity index (χ2n) is 10.9. The fraction of sp³-hybridized carbons (Fsp3) is 0.438. The molecular formula is C32H36N2O13. The number of ether oxygens (including phenoxy) is 6. The van der Waals surface area contributed by atoms with Crippen LogP contribution in [0.2, 0.25) is 0 Å². The van der Waals surface area contributed by atoms with Crippen LogP contribution in [-0.2, 0) is 52.4 Å². The van der Waals surface area contributed by atoms with Crippen molar-refractivity contribution < 1.29 is 62.3 Å². The van der Waals surface area contributed by atoms with Gasteiger partial charge in [-0.25, -0.2) is 9.59 Å². The van der Waals surface area contributed by atoms with Gasteiger partial charge in [0.2, 0.25) is 5.91 Å². The van der Waals surface area contributed by atoms with E-state index >= 15 is 0 Å². The topological polar surface area (TPSA) is 202 Å². The van der Waals surface area contributed by atoms with E-state index in [0.29, 0.717) is 0 Å². The highest BCUT2D eigenvalue weighted by molar-refractivity contribution is 5.81. The largest absolute Gasteiger partial charge is 0.480 e. The average Bonchev–Trinajstić information content (AvgIpc) is 3.32. The second kappa shape index (κ2) is 15.5. The predicted octanol–water partition coefficient (Wildman–Crippen LogP) is 1.65. The molecule has 1 aliphatic heterocycles. The number of esters is 3. The van der Waals surface area contributed by atoms with Crippen LogP contribution in [0.15, 0.2) is 48.5 Å². The third kappa shape index (κ3) is 8.83. The highest BCUT2D eigenvalue weighted by Gasteiger charge is 2.51. The van der Waals surface area contributed by atoms with Crippen LogP contribution in [0.4, 0.5) is 4.79 Å². The van der Waals surface area contributed by atoms with Gasteiger partial charge in [-0.3, -0.25) is 19.2 Å². The van der Waals surface area contributed by atoms with E-state index in [4.69, 9.17) is 28.4 Å². The minimum Gasteiger partial charge on any atom is -0.480 e. The van der Waals surface area contributed by atoms with Crippen molar-refractivity contribution >= 4 is 35.9 Å². The van der Waals surface area contributed by atoms with Crippen LogP contribution < -0.4 is 10.6 Å². The molecule has 1 saturated heterocycles. The molecule has 2 aromatic rings. The number of carbonyl (C=O) groups excluding carboxylic acids is 5. The zero-order valence-electron chi connectivity index (χ0n) is 26.1. The third-order valence-corrected chi connectivity index (χ3v) is 7.43. The van der Waals surface area contributed by atoms with Gasteiger partial charge >= 0.3 is 30.0 Å². The van der Waals surface area contributed by atoms with Gasteiger partial charge in [0.1, 0.15) is 25.4 Å². The van der Waals surface area contributed by atoms with Crippen molar-refractivity contribution in [2.75, 3.05) is 19.8 Å². The van der Waals surface area contributed by atoms with Crippen molar-refractivity contribution in [2.45, 2.75) is 70.3 Å². The molecule has 2 aliphatic rings.